The molecule has 35 heavy (non-hydrogen) atoms. The van der Waals surface area contributed by atoms with E-state index in [2.05, 4.69) is 26.3 Å². The van der Waals surface area contributed by atoms with Crippen LogP contribution in [0, 0.1) is 5.82 Å². The Bertz CT molecular complexity index is 1410. The van der Waals surface area contributed by atoms with Crippen molar-refractivity contribution in [1.82, 2.24) is 19.9 Å². The van der Waals surface area contributed by atoms with Crippen LogP contribution in [0.2, 0.25) is 0 Å². The van der Waals surface area contributed by atoms with Crippen molar-refractivity contribution in [1.29, 1.82) is 0 Å². The summed E-state index contributed by atoms with van der Waals surface area (Å²) in [4.78, 5) is 26.8. The van der Waals surface area contributed by atoms with Gasteiger partial charge >= 0.3 is 6.09 Å². The van der Waals surface area contributed by atoms with Gasteiger partial charge in [-0.15, -0.1) is 11.3 Å². The molecule has 5 rings (SSSR count). The maximum absolute atomic E-state index is 14.4. The number of hydrogen-bond donors (Lipinski definition) is 2. The number of amides is 1. The third-order valence-electron chi connectivity index (χ3n) is 5.68. The molecule has 0 saturated heterocycles. The van der Waals surface area contributed by atoms with Crippen molar-refractivity contribution in [3.63, 3.8) is 0 Å². The van der Waals surface area contributed by atoms with E-state index < -0.39 is 5.60 Å². The number of thiazole rings is 1. The Morgan fingerprint density at radius 2 is 2.11 bits per heavy atom. The Morgan fingerprint density at radius 3 is 2.83 bits per heavy atom. The fourth-order valence-corrected chi connectivity index (χ4v) is 4.65. The Hall–Kier alpha value is -3.72. The highest BCUT2D eigenvalue weighted by atomic mass is 32.1. The van der Waals surface area contributed by atoms with Crippen LogP contribution in [0.25, 0.3) is 27.0 Å². The van der Waals surface area contributed by atoms with Gasteiger partial charge in [0.2, 0.25) is 0 Å². The first-order valence-corrected chi connectivity index (χ1v) is 12.3. The molecule has 4 aromatic rings. The molecule has 1 aromatic carbocycles. The minimum absolute atomic E-state index is 0.284. The number of H-pyrrole nitrogens is 1. The van der Waals surface area contributed by atoms with Gasteiger partial charge in [0, 0.05) is 47.8 Å². The molecule has 0 bridgehead atoms. The SMILES string of the molecule is CC(C)(C)OC(=O)N1CC=C(c2cc3c(Nc4ccc(F)c(-c5cncs5)c4)ccnc3[nH]2)CC1. The summed E-state index contributed by atoms with van der Waals surface area (Å²) >= 11 is 1.40. The van der Waals surface area contributed by atoms with Crippen LogP contribution >= 0.6 is 11.3 Å². The van der Waals surface area contributed by atoms with Crippen molar-refractivity contribution >= 4 is 45.4 Å². The van der Waals surface area contributed by atoms with E-state index in [9.17, 15) is 9.18 Å². The van der Waals surface area contributed by atoms with Crippen LogP contribution in [0.15, 0.2) is 54.3 Å². The van der Waals surface area contributed by atoms with Crippen molar-refractivity contribution in [2.75, 3.05) is 18.4 Å². The van der Waals surface area contributed by atoms with Crippen molar-refractivity contribution < 1.29 is 13.9 Å². The van der Waals surface area contributed by atoms with Gasteiger partial charge in [0.1, 0.15) is 17.1 Å². The number of nitrogens with one attached hydrogen (secondary N) is 2. The van der Waals surface area contributed by atoms with Crippen LogP contribution in [-0.4, -0.2) is 44.6 Å². The van der Waals surface area contributed by atoms with Gasteiger partial charge in [0.05, 0.1) is 16.1 Å². The maximum atomic E-state index is 14.4. The summed E-state index contributed by atoms with van der Waals surface area (Å²) in [5, 5.41) is 4.34. The summed E-state index contributed by atoms with van der Waals surface area (Å²) in [6.45, 7) is 6.68. The third-order valence-corrected chi connectivity index (χ3v) is 6.49. The van der Waals surface area contributed by atoms with Crippen LogP contribution in [-0.2, 0) is 4.74 Å². The molecule has 180 valence electrons. The van der Waals surface area contributed by atoms with Gasteiger partial charge < -0.3 is 19.9 Å². The van der Waals surface area contributed by atoms with Gasteiger partial charge in [-0.1, -0.05) is 6.08 Å². The fraction of sp³-hybridized carbons (Fsp3) is 0.269. The number of hydrogen-bond acceptors (Lipinski definition) is 6. The number of carbonyl (C=O) groups excluding carboxylic acids is 1. The van der Waals surface area contributed by atoms with E-state index in [-0.39, 0.29) is 11.9 Å². The van der Waals surface area contributed by atoms with E-state index >= 15 is 0 Å². The maximum Gasteiger partial charge on any atom is 0.410 e. The number of pyridine rings is 1. The molecule has 0 radical (unpaired) electrons. The zero-order valence-corrected chi connectivity index (χ0v) is 20.6. The molecule has 9 heteroatoms. The average Bonchev–Trinajstić information content (AvgIpc) is 3.50. The van der Waals surface area contributed by atoms with Crippen LogP contribution in [0.1, 0.15) is 32.9 Å². The predicted molar refractivity (Wildman–Crippen MR) is 137 cm³/mol. The molecule has 1 aliphatic rings. The number of rotatable bonds is 4. The number of aromatic amines is 1. The highest BCUT2D eigenvalue weighted by Gasteiger charge is 2.24. The molecule has 1 aliphatic heterocycles. The molecule has 4 heterocycles. The number of ether oxygens (including phenoxy) is 1. The number of anilines is 2. The molecule has 7 nitrogen and oxygen atoms in total. The van der Waals surface area contributed by atoms with Gasteiger partial charge in [0.15, 0.2) is 0 Å². The molecule has 0 spiro atoms. The molecule has 0 fully saturated rings. The normalized spacial score (nSPS) is 14.2. The minimum atomic E-state index is -0.515. The van der Waals surface area contributed by atoms with E-state index in [1.165, 1.54) is 17.4 Å². The summed E-state index contributed by atoms with van der Waals surface area (Å²) in [5.41, 5.74) is 6.18. The first-order valence-electron chi connectivity index (χ1n) is 11.4. The molecule has 2 N–H and O–H groups in total. The largest absolute Gasteiger partial charge is 0.444 e. The van der Waals surface area contributed by atoms with Gasteiger partial charge in [-0.05, 0) is 63.1 Å². The monoisotopic (exact) mass is 491 g/mol. The number of nitrogens with zero attached hydrogens (tertiary/aromatic N) is 3. The lowest BCUT2D eigenvalue weighted by atomic mass is 10.0. The van der Waals surface area contributed by atoms with Crippen LogP contribution in [0.4, 0.5) is 20.6 Å². The van der Waals surface area contributed by atoms with E-state index in [0.29, 0.717) is 25.1 Å². The molecular formula is C26H26FN5O2S. The summed E-state index contributed by atoms with van der Waals surface area (Å²) < 4.78 is 19.9. The van der Waals surface area contributed by atoms with Gasteiger partial charge in [0.25, 0.3) is 0 Å². The number of benzene rings is 1. The smallest absolute Gasteiger partial charge is 0.410 e. The Kier molecular flexibility index (Phi) is 6.02. The summed E-state index contributed by atoms with van der Waals surface area (Å²) in [6.07, 6.45) is 5.86. The Labute approximate surface area is 206 Å². The lowest BCUT2D eigenvalue weighted by molar-refractivity contribution is 0.0270. The zero-order chi connectivity index (χ0) is 24.6. The van der Waals surface area contributed by atoms with Gasteiger partial charge in [-0.25, -0.2) is 14.2 Å². The Balaban J connectivity index is 1.37. The molecule has 0 saturated carbocycles. The lowest BCUT2D eigenvalue weighted by Gasteiger charge is -2.29. The van der Waals surface area contributed by atoms with Crippen LogP contribution < -0.4 is 5.32 Å². The Morgan fingerprint density at radius 1 is 1.26 bits per heavy atom. The second-order valence-electron chi connectivity index (χ2n) is 9.39. The van der Waals surface area contributed by atoms with Crippen molar-refractivity contribution in [2.24, 2.45) is 0 Å². The highest BCUT2D eigenvalue weighted by Crippen LogP contribution is 2.33. The van der Waals surface area contributed by atoms with Gasteiger partial charge in [-0.2, -0.15) is 0 Å². The van der Waals surface area contributed by atoms with E-state index in [0.717, 1.165) is 38.6 Å². The average molecular weight is 492 g/mol. The van der Waals surface area contributed by atoms with E-state index in [1.807, 2.05) is 32.9 Å². The highest BCUT2D eigenvalue weighted by molar-refractivity contribution is 7.13. The summed E-state index contributed by atoms with van der Waals surface area (Å²) in [5.74, 6) is -0.284. The molecule has 0 unspecified atom stereocenters. The zero-order valence-electron chi connectivity index (χ0n) is 19.8. The van der Waals surface area contributed by atoms with Crippen molar-refractivity contribution in [3.05, 3.63) is 65.8 Å². The molecule has 0 aliphatic carbocycles. The third kappa shape index (κ3) is 5.05. The van der Waals surface area contributed by atoms with Crippen LogP contribution in [0.5, 0.6) is 0 Å². The summed E-state index contributed by atoms with van der Waals surface area (Å²) in [6, 6.07) is 8.93. The summed E-state index contributed by atoms with van der Waals surface area (Å²) in [7, 11) is 0. The molecule has 0 atom stereocenters. The fourth-order valence-electron chi connectivity index (χ4n) is 4.01. The second kappa shape index (κ2) is 9.14. The van der Waals surface area contributed by atoms with E-state index in [4.69, 9.17) is 4.74 Å². The predicted octanol–water partition coefficient (Wildman–Crippen LogP) is 6.59. The molecular weight excluding hydrogens is 465 g/mol. The second-order valence-corrected chi connectivity index (χ2v) is 10.3. The standard InChI is InChI=1S/C26H26FN5O2S/c1-26(2,3)34-25(33)32-10-7-16(8-11-32)22-13-19-21(6-9-29-24(19)31-22)30-17-4-5-20(27)18(12-17)23-14-28-15-35-23/h4-7,9,12-15H,8,10-11H2,1-3H3,(H2,29,30,31). The topological polar surface area (TPSA) is 83.1 Å². The van der Waals surface area contributed by atoms with Crippen molar-refractivity contribution in [2.45, 2.75) is 32.8 Å². The number of fused-ring (bicyclic) bond motifs is 1. The molecule has 1 amide bonds. The first kappa shape index (κ1) is 23.0. The lowest BCUT2D eigenvalue weighted by Crippen LogP contribution is -2.39. The minimum Gasteiger partial charge on any atom is -0.444 e. The number of carbonyl (C=O) groups is 1. The first-order chi connectivity index (χ1) is 16.8. The molecule has 3 aromatic heterocycles. The quantitative estimate of drug-likeness (QED) is 0.336. The van der Waals surface area contributed by atoms with Crippen LogP contribution in [0.3, 0.4) is 0 Å². The van der Waals surface area contributed by atoms with Crippen molar-refractivity contribution in [3.8, 4) is 10.4 Å². The van der Waals surface area contributed by atoms with Gasteiger partial charge in [-0.3, -0.25) is 4.98 Å². The van der Waals surface area contributed by atoms with E-state index in [1.54, 1.807) is 34.9 Å². The number of halogens is 1. The number of aromatic nitrogens is 3.